The lowest BCUT2D eigenvalue weighted by Gasteiger charge is -2.19. The van der Waals surface area contributed by atoms with Crippen LogP contribution in [-0.4, -0.2) is 24.6 Å². The second-order valence-electron chi connectivity index (χ2n) is 3.11. The van der Waals surface area contributed by atoms with Crippen molar-refractivity contribution in [3.63, 3.8) is 0 Å². The van der Waals surface area contributed by atoms with Crippen molar-refractivity contribution in [2.75, 3.05) is 18.6 Å². The molecular formula is C9H21NS. The minimum Gasteiger partial charge on any atom is -0.314 e. The zero-order chi connectivity index (χ0) is 8.69. The zero-order valence-corrected chi connectivity index (χ0v) is 9.00. The molecular weight excluding hydrogens is 154 g/mol. The van der Waals surface area contributed by atoms with Crippen LogP contribution >= 0.6 is 11.8 Å². The van der Waals surface area contributed by atoms with Crippen molar-refractivity contribution >= 4 is 11.8 Å². The van der Waals surface area contributed by atoms with Gasteiger partial charge in [-0.1, -0.05) is 13.8 Å². The summed E-state index contributed by atoms with van der Waals surface area (Å²) in [4.78, 5) is 0. The standard InChI is InChI=1S/C9H21NS/c1-5-10-9(3)8(2)6-7-11-4/h8-10H,5-7H2,1-4H3. The maximum Gasteiger partial charge on any atom is 0.00645 e. The summed E-state index contributed by atoms with van der Waals surface area (Å²) in [6.45, 7) is 7.85. The molecule has 1 N–H and O–H groups in total. The highest BCUT2D eigenvalue weighted by Gasteiger charge is 2.09. The molecule has 0 saturated carbocycles. The Morgan fingerprint density at radius 3 is 2.45 bits per heavy atom. The van der Waals surface area contributed by atoms with Gasteiger partial charge in [-0.05, 0) is 37.8 Å². The lowest BCUT2D eigenvalue weighted by atomic mass is 10.0. The summed E-state index contributed by atoms with van der Waals surface area (Å²) in [5.41, 5.74) is 0. The molecule has 0 aliphatic heterocycles. The van der Waals surface area contributed by atoms with E-state index in [1.54, 1.807) is 0 Å². The van der Waals surface area contributed by atoms with E-state index in [2.05, 4.69) is 32.3 Å². The van der Waals surface area contributed by atoms with Gasteiger partial charge in [0.15, 0.2) is 0 Å². The third-order valence-electron chi connectivity index (χ3n) is 2.16. The Balaban J connectivity index is 3.38. The Bertz CT molecular complexity index is 85.6. The van der Waals surface area contributed by atoms with Gasteiger partial charge in [0.2, 0.25) is 0 Å². The Hall–Kier alpha value is 0.310. The molecule has 0 aliphatic rings. The fourth-order valence-electron chi connectivity index (χ4n) is 1.08. The average Bonchev–Trinajstić information content (AvgIpc) is 2.00. The van der Waals surface area contributed by atoms with E-state index in [0.29, 0.717) is 6.04 Å². The van der Waals surface area contributed by atoms with Gasteiger partial charge in [0.1, 0.15) is 0 Å². The Morgan fingerprint density at radius 1 is 1.36 bits per heavy atom. The van der Waals surface area contributed by atoms with Crippen molar-refractivity contribution < 1.29 is 0 Å². The fraction of sp³-hybridized carbons (Fsp3) is 1.00. The zero-order valence-electron chi connectivity index (χ0n) is 8.18. The van der Waals surface area contributed by atoms with Crippen molar-refractivity contribution in [2.24, 2.45) is 5.92 Å². The second-order valence-corrected chi connectivity index (χ2v) is 4.09. The monoisotopic (exact) mass is 175 g/mol. The third kappa shape index (κ3) is 5.57. The molecule has 2 unspecified atom stereocenters. The molecule has 0 radical (unpaired) electrons. The van der Waals surface area contributed by atoms with Gasteiger partial charge < -0.3 is 5.32 Å². The van der Waals surface area contributed by atoms with Crippen molar-refractivity contribution in [3.05, 3.63) is 0 Å². The summed E-state index contributed by atoms with van der Waals surface area (Å²) < 4.78 is 0. The molecule has 11 heavy (non-hydrogen) atoms. The van der Waals surface area contributed by atoms with Crippen LogP contribution in [0.1, 0.15) is 27.2 Å². The maximum absolute atomic E-state index is 3.44. The SMILES string of the molecule is CCNC(C)C(C)CCSC. The molecule has 0 bridgehead atoms. The van der Waals surface area contributed by atoms with Crippen molar-refractivity contribution in [2.45, 2.75) is 33.2 Å². The molecule has 0 aromatic carbocycles. The predicted molar refractivity (Wildman–Crippen MR) is 55.3 cm³/mol. The molecule has 0 fully saturated rings. The second kappa shape index (κ2) is 6.99. The van der Waals surface area contributed by atoms with Gasteiger partial charge in [0, 0.05) is 6.04 Å². The third-order valence-corrected chi connectivity index (χ3v) is 2.80. The molecule has 0 spiro atoms. The van der Waals surface area contributed by atoms with Crippen LogP contribution in [-0.2, 0) is 0 Å². The molecule has 0 aromatic heterocycles. The smallest absolute Gasteiger partial charge is 0.00645 e. The van der Waals surface area contributed by atoms with Crippen LogP contribution < -0.4 is 5.32 Å². The normalized spacial score (nSPS) is 16.4. The Labute approximate surface area is 75.3 Å². The molecule has 0 aliphatic carbocycles. The number of rotatable bonds is 6. The lowest BCUT2D eigenvalue weighted by Crippen LogP contribution is -2.32. The number of hydrogen-bond acceptors (Lipinski definition) is 2. The highest BCUT2D eigenvalue weighted by molar-refractivity contribution is 7.98. The fourth-order valence-corrected chi connectivity index (χ4v) is 1.68. The van der Waals surface area contributed by atoms with Gasteiger partial charge in [-0.2, -0.15) is 11.8 Å². The van der Waals surface area contributed by atoms with Crippen molar-refractivity contribution in [1.29, 1.82) is 0 Å². The summed E-state index contributed by atoms with van der Waals surface area (Å²) in [6, 6.07) is 0.673. The van der Waals surface area contributed by atoms with E-state index in [4.69, 9.17) is 0 Å². The van der Waals surface area contributed by atoms with E-state index >= 15 is 0 Å². The quantitative estimate of drug-likeness (QED) is 0.665. The molecule has 0 amide bonds. The Morgan fingerprint density at radius 2 is 2.00 bits per heavy atom. The number of nitrogens with one attached hydrogen (secondary N) is 1. The molecule has 2 atom stereocenters. The van der Waals surface area contributed by atoms with Crippen LogP contribution in [0.3, 0.4) is 0 Å². The van der Waals surface area contributed by atoms with E-state index in [0.717, 1.165) is 12.5 Å². The van der Waals surface area contributed by atoms with E-state index in [1.165, 1.54) is 12.2 Å². The molecule has 0 saturated heterocycles. The molecule has 68 valence electrons. The van der Waals surface area contributed by atoms with Gasteiger partial charge in [0.25, 0.3) is 0 Å². The number of thioether (sulfide) groups is 1. The molecule has 2 heteroatoms. The minimum atomic E-state index is 0.673. The van der Waals surface area contributed by atoms with Gasteiger partial charge >= 0.3 is 0 Å². The summed E-state index contributed by atoms with van der Waals surface area (Å²) in [5.74, 6) is 2.10. The van der Waals surface area contributed by atoms with Gasteiger partial charge in [0.05, 0.1) is 0 Å². The van der Waals surface area contributed by atoms with Crippen LogP contribution in [0, 0.1) is 5.92 Å². The topological polar surface area (TPSA) is 12.0 Å². The minimum absolute atomic E-state index is 0.673. The van der Waals surface area contributed by atoms with E-state index in [9.17, 15) is 0 Å². The molecule has 0 rings (SSSR count). The largest absolute Gasteiger partial charge is 0.314 e. The van der Waals surface area contributed by atoms with Crippen LogP contribution in [0.2, 0.25) is 0 Å². The molecule has 0 heterocycles. The maximum atomic E-state index is 3.44. The van der Waals surface area contributed by atoms with Crippen LogP contribution in [0.15, 0.2) is 0 Å². The first kappa shape index (κ1) is 11.3. The Kier molecular flexibility index (Phi) is 7.18. The van der Waals surface area contributed by atoms with E-state index < -0.39 is 0 Å². The summed E-state index contributed by atoms with van der Waals surface area (Å²) in [6.07, 6.45) is 3.50. The summed E-state index contributed by atoms with van der Waals surface area (Å²) in [7, 11) is 0. The first-order valence-electron chi connectivity index (χ1n) is 4.44. The molecule has 1 nitrogen and oxygen atoms in total. The molecule has 0 aromatic rings. The van der Waals surface area contributed by atoms with Crippen LogP contribution in [0.4, 0.5) is 0 Å². The van der Waals surface area contributed by atoms with E-state index in [1.807, 2.05) is 11.8 Å². The lowest BCUT2D eigenvalue weighted by molar-refractivity contribution is 0.401. The average molecular weight is 175 g/mol. The predicted octanol–water partition coefficient (Wildman–Crippen LogP) is 2.37. The summed E-state index contributed by atoms with van der Waals surface area (Å²) >= 11 is 1.94. The van der Waals surface area contributed by atoms with Crippen LogP contribution in [0.25, 0.3) is 0 Å². The first-order chi connectivity index (χ1) is 5.22. The summed E-state index contributed by atoms with van der Waals surface area (Å²) in [5, 5.41) is 3.44. The van der Waals surface area contributed by atoms with Gasteiger partial charge in [-0.15, -0.1) is 0 Å². The van der Waals surface area contributed by atoms with Gasteiger partial charge in [-0.3, -0.25) is 0 Å². The highest BCUT2D eigenvalue weighted by atomic mass is 32.2. The van der Waals surface area contributed by atoms with Crippen molar-refractivity contribution in [3.8, 4) is 0 Å². The highest BCUT2D eigenvalue weighted by Crippen LogP contribution is 2.10. The van der Waals surface area contributed by atoms with Crippen LogP contribution in [0.5, 0.6) is 0 Å². The van der Waals surface area contributed by atoms with Gasteiger partial charge in [-0.25, -0.2) is 0 Å². The van der Waals surface area contributed by atoms with E-state index in [-0.39, 0.29) is 0 Å². The number of hydrogen-bond donors (Lipinski definition) is 1. The first-order valence-corrected chi connectivity index (χ1v) is 5.84. The van der Waals surface area contributed by atoms with Crippen molar-refractivity contribution in [1.82, 2.24) is 5.32 Å².